The number of rotatable bonds is 2. The van der Waals surface area contributed by atoms with E-state index in [9.17, 15) is 5.11 Å². The van der Waals surface area contributed by atoms with Gasteiger partial charge in [-0.25, -0.2) is 4.99 Å². The molecular weight excluding hydrogens is 152 g/mol. The molecule has 0 aromatic carbocycles. The van der Waals surface area contributed by atoms with Gasteiger partial charge in [-0.1, -0.05) is 0 Å². The van der Waals surface area contributed by atoms with Crippen molar-refractivity contribution in [1.29, 1.82) is 5.26 Å². The molecule has 0 heterocycles. The molecule has 64 valence electrons. The van der Waals surface area contributed by atoms with E-state index >= 15 is 0 Å². The van der Waals surface area contributed by atoms with Crippen LogP contribution < -0.4 is 0 Å². The first kappa shape index (κ1) is 8.79. The minimum atomic E-state index is -0.137. The number of aliphatic hydroxyl groups is 1. The average molecular weight is 164 g/mol. The lowest BCUT2D eigenvalue weighted by atomic mass is 10.3. The van der Waals surface area contributed by atoms with Crippen molar-refractivity contribution in [2.24, 2.45) is 10.9 Å². The number of hydrogen-bond donors (Lipinski definition) is 1. The predicted molar refractivity (Wildman–Crippen MR) is 46.8 cm³/mol. The Bertz CT molecular complexity index is 279. The third-order valence-corrected chi connectivity index (χ3v) is 1.95. The standard InChI is InChI=1S/C9H12N2O/c1-6(5-10)9(12)11-7(2)8-3-4-8/h8,12H,3-4H2,1-2H3/b9-6-,11-7+. The maximum atomic E-state index is 9.23. The van der Waals surface area contributed by atoms with Gasteiger partial charge in [-0.2, -0.15) is 5.26 Å². The number of nitriles is 1. The minimum absolute atomic E-state index is 0.137. The summed E-state index contributed by atoms with van der Waals surface area (Å²) in [6.45, 7) is 3.44. The highest BCUT2D eigenvalue weighted by atomic mass is 16.3. The average Bonchev–Trinajstić information content (AvgIpc) is 2.84. The third-order valence-electron chi connectivity index (χ3n) is 1.95. The molecule has 12 heavy (non-hydrogen) atoms. The van der Waals surface area contributed by atoms with Crippen molar-refractivity contribution in [2.45, 2.75) is 26.7 Å². The Hall–Kier alpha value is -1.30. The van der Waals surface area contributed by atoms with E-state index in [1.807, 2.05) is 13.0 Å². The lowest BCUT2D eigenvalue weighted by Gasteiger charge is -1.96. The Labute approximate surface area is 72.0 Å². The number of aliphatic imine (C=N–C) groups is 1. The first-order valence-corrected chi connectivity index (χ1v) is 4.00. The van der Waals surface area contributed by atoms with Crippen LogP contribution in [0.3, 0.4) is 0 Å². The van der Waals surface area contributed by atoms with E-state index in [2.05, 4.69) is 4.99 Å². The van der Waals surface area contributed by atoms with Gasteiger partial charge in [0.15, 0.2) is 0 Å². The minimum Gasteiger partial charge on any atom is -0.493 e. The molecule has 0 amide bonds. The van der Waals surface area contributed by atoms with Gasteiger partial charge in [-0.05, 0) is 32.6 Å². The van der Waals surface area contributed by atoms with Crippen molar-refractivity contribution in [3.05, 3.63) is 11.5 Å². The lowest BCUT2D eigenvalue weighted by Crippen LogP contribution is -1.95. The fourth-order valence-electron chi connectivity index (χ4n) is 0.893. The Balaban J connectivity index is 2.72. The van der Waals surface area contributed by atoms with E-state index in [0.717, 1.165) is 18.6 Å². The lowest BCUT2D eigenvalue weighted by molar-refractivity contribution is 0.402. The topological polar surface area (TPSA) is 56.4 Å². The zero-order chi connectivity index (χ0) is 9.14. The predicted octanol–water partition coefficient (Wildman–Crippen LogP) is 2.17. The molecule has 1 rings (SSSR count). The molecule has 0 bridgehead atoms. The summed E-state index contributed by atoms with van der Waals surface area (Å²) in [6, 6.07) is 1.85. The van der Waals surface area contributed by atoms with Crippen LogP contribution in [0, 0.1) is 17.2 Å². The maximum absolute atomic E-state index is 9.23. The van der Waals surface area contributed by atoms with E-state index in [-0.39, 0.29) is 11.5 Å². The molecule has 0 spiro atoms. The first-order valence-electron chi connectivity index (χ1n) is 4.00. The largest absolute Gasteiger partial charge is 0.493 e. The van der Waals surface area contributed by atoms with Crippen molar-refractivity contribution < 1.29 is 5.11 Å². The van der Waals surface area contributed by atoms with Crippen molar-refractivity contribution in [1.82, 2.24) is 0 Å². The second kappa shape index (κ2) is 3.40. The second-order valence-electron chi connectivity index (χ2n) is 3.09. The van der Waals surface area contributed by atoms with Crippen LogP contribution in [0.5, 0.6) is 0 Å². The zero-order valence-corrected chi connectivity index (χ0v) is 7.33. The number of nitrogens with zero attached hydrogens (tertiary/aromatic N) is 2. The molecule has 0 aliphatic heterocycles. The van der Waals surface area contributed by atoms with Crippen LogP contribution in [-0.2, 0) is 0 Å². The van der Waals surface area contributed by atoms with Gasteiger partial charge in [0.25, 0.3) is 0 Å². The summed E-state index contributed by atoms with van der Waals surface area (Å²) in [4.78, 5) is 3.94. The van der Waals surface area contributed by atoms with Crippen LogP contribution in [0.2, 0.25) is 0 Å². The van der Waals surface area contributed by atoms with Gasteiger partial charge < -0.3 is 5.11 Å². The van der Waals surface area contributed by atoms with Crippen LogP contribution in [-0.4, -0.2) is 10.8 Å². The summed E-state index contributed by atoms with van der Waals surface area (Å²) in [5.41, 5.74) is 1.21. The van der Waals surface area contributed by atoms with Gasteiger partial charge in [0.2, 0.25) is 5.88 Å². The van der Waals surface area contributed by atoms with E-state index in [4.69, 9.17) is 5.26 Å². The van der Waals surface area contributed by atoms with Crippen LogP contribution in [0.25, 0.3) is 0 Å². The van der Waals surface area contributed by atoms with Crippen LogP contribution >= 0.6 is 0 Å². The Morgan fingerprint density at radius 2 is 2.08 bits per heavy atom. The monoisotopic (exact) mass is 164 g/mol. The van der Waals surface area contributed by atoms with Crippen LogP contribution in [0.4, 0.5) is 0 Å². The number of aliphatic hydroxyl groups excluding tert-OH is 1. The van der Waals surface area contributed by atoms with E-state index in [1.54, 1.807) is 6.92 Å². The molecule has 0 saturated heterocycles. The molecule has 1 aliphatic carbocycles. The molecule has 1 N–H and O–H groups in total. The number of hydrogen-bond acceptors (Lipinski definition) is 3. The molecule has 0 aromatic rings. The van der Waals surface area contributed by atoms with E-state index in [0.29, 0.717) is 5.92 Å². The first-order chi connectivity index (χ1) is 5.65. The van der Waals surface area contributed by atoms with E-state index < -0.39 is 0 Å². The summed E-state index contributed by atoms with van der Waals surface area (Å²) in [5, 5.41) is 17.7. The molecule has 0 atom stereocenters. The highest BCUT2D eigenvalue weighted by molar-refractivity contribution is 5.87. The van der Waals surface area contributed by atoms with Gasteiger partial charge >= 0.3 is 0 Å². The highest BCUT2D eigenvalue weighted by Gasteiger charge is 2.24. The summed E-state index contributed by atoms with van der Waals surface area (Å²) in [6.07, 6.45) is 2.32. The normalized spacial score (nSPS) is 19.9. The maximum Gasteiger partial charge on any atom is 0.224 e. The van der Waals surface area contributed by atoms with Gasteiger partial charge in [-0.15, -0.1) is 0 Å². The fraction of sp³-hybridized carbons (Fsp3) is 0.556. The van der Waals surface area contributed by atoms with E-state index in [1.165, 1.54) is 0 Å². The summed E-state index contributed by atoms with van der Waals surface area (Å²) < 4.78 is 0. The molecule has 0 radical (unpaired) electrons. The van der Waals surface area contributed by atoms with Crippen molar-refractivity contribution >= 4 is 5.71 Å². The van der Waals surface area contributed by atoms with Gasteiger partial charge in [-0.3, -0.25) is 0 Å². The Kier molecular flexibility index (Phi) is 2.49. The SMILES string of the molecule is C/C(C#N)=C(O)\N=C(/C)C1CC1. The second-order valence-corrected chi connectivity index (χ2v) is 3.09. The molecule has 1 saturated carbocycles. The third kappa shape index (κ3) is 2.09. The van der Waals surface area contributed by atoms with Crippen LogP contribution in [0.15, 0.2) is 16.4 Å². The van der Waals surface area contributed by atoms with Gasteiger partial charge in [0.05, 0.1) is 5.57 Å². The fourth-order valence-corrected chi connectivity index (χ4v) is 0.893. The summed E-state index contributed by atoms with van der Waals surface area (Å²) in [7, 11) is 0. The summed E-state index contributed by atoms with van der Waals surface area (Å²) >= 11 is 0. The van der Waals surface area contributed by atoms with Crippen LogP contribution in [0.1, 0.15) is 26.7 Å². The van der Waals surface area contributed by atoms with Crippen molar-refractivity contribution in [3.8, 4) is 6.07 Å². The molecule has 3 nitrogen and oxygen atoms in total. The Morgan fingerprint density at radius 3 is 2.50 bits per heavy atom. The molecule has 0 aromatic heterocycles. The molecule has 3 heteroatoms. The molecule has 0 unspecified atom stereocenters. The molecule has 1 aliphatic rings. The van der Waals surface area contributed by atoms with Crippen molar-refractivity contribution in [2.75, 3.05) is 0 Å². The zero-order valence-electron chi connectivity index (χ0n) is 7.33. The molecule has 1 fully saturated rings. The van der Waals surface area contributed by atoms with Crippen molar-refractivity contribution in [3.63, 3.8) is 0 Å². The number of allylic oxidation sites excluding steroid dienone is 1. The Morgan fingerprint density at radius 1 is 1.50 bits per heavy atom. The highest BCUT2D eigenvalue weighted by Crippen LogP contribution is 2.30. The van der Waals surface area contributed by atoms with Gasteiger partial charge in [0, 0.05) is 5.71 Å². The van der Waals surface area contributed by atoms with Gasteiger partial charge in [0.1, 0.15) is 6.07 Å². The molecular formula is C9H12N2O. The smallest absolute Gasteiger partial charge is 0.224 e. The summed E-state index contributed by atoms with van der Waals surface area (Å²) in [5.74, 6) is 0.403. The quantitative estimate of drug-likeness (QED) is 0.386.